The number of rotatable bonds is 15. The van der Waals surface area contributed by atoms with Crippen molar-refractivity contribution in [2.75, 3.05) is 20.1 Å². The number of aromatic nitrogens is 1. The smallest absolute Gasteiger partial charge is 0.303 e. The second kappa shape index (κ2) is 16.1. The number of benzene rings is 1. The Hall–Kier alpha value is -4.24. The molecule has 6 atom stereocenters. The third kappa shape index (κ3) is 7.91. The standard InChI is InChI=1S/C46H67N7O7S/c1-9-31-27-46(31,41(58)51-61(59,60)53-24-15-16-25-53)50-38(55)34(28-44(7)43(5,6)45(44)22-17-23-45)52(8)40(57)36(42(2,3)4)49-39(56)35(29-18-11-10-12-19-29)48-37(54)33-26-30-20-13-14-21-32(30)47-33/h9,13-14,20-21,26,29,31,34-36,47H,1,10-12,15-19,22-25,27-28H2,2-8H3,(H,48,54)(H,49,56)(H,50,55)(H,51,58)/t31-,34+,35+,36-,44+,46-/m1/s1. The predicted molar refractivity (Wildman–Crippen MR) is 234 cm³/mol. The molecule has 0 unspecified atom stereocenters. The van der Waals surface area contributed by atoms with Gasteiger partial charge >= 0.3 is 10.2 Å². The van der Waals surface area contributed by atoms with Crippen LogP contribution in [0.3, 0.4) is 0 Å². The van der Waals surface area contributed by atoms with Crippen molar-refractivity contribution < 1.29 is 32.4 Å². The number of carbonyl (C=O) groups excluding carboxylic acids is 5. The molecule has 2 heterocycles. The molecule has 5 N–H and O–H groups in total. The van der Waals surface area contributed by atoms with Gasteiger partial charge in [-0.15, -0.1) is 6.58 Å². The van der Waals surface area contributed by atoms with E-state index in [2.05, 4.69) is 53.0 Å². The first-order chi connectivity index (χ1) is 28.6. The Morgan fingerprint density at radius 3 is 2.16 bits per heavy atom. The fourth-order valence-electron chi connectivity index (χ4n) is 11.4. The van der Waals surface area contributed by atoms with Crippen LogP contribution < -0.4 is 20.7 Å². The number of hydrogen-bond donors (Lipinski definition) is 5. The highest BCUT2D eigenvalue weighted by molar-refractivity contribution is 7.87. The van der Waals surface area contributed by atoms with Crippen LogP contribution in [0, 0.1) is 33.5 Å². The third-order valence-electron chi connectivity index (χ3n) is 16.0. The topological polar surface area (TPSA) is 190 Å². The van der Waals surface area contributed by atoms with E-state index < -0.39 is 74.7 Å². The summed E-state index contributed by atoms with van der Waals surface area (Å²) < 4.78 is 29.9. The van der Waals surface area contributed by atoms with Crippen LogP contribution in [0.4, 0.5) is 0 Å². The van der Waals surface area contributed by atoms with Crippen molar-refractivity contribution in [3.63, 3.8) is 0 Å². The van der Waals surface area contributed by atoms with E-state index in [0.717, 1.165) is 62.3 Å². The van der Waals surface area contributed by atoms with Gasteiger partial charge in [-0.1, -0.05) is 91.5 Å². The number of para-hydroxylation sites is 1. The zero-order valence-corrected chi connectivity index (χ0v) is 37.9. The summed E-state index contributed by atoms with van der Waals surface area (Å²) in [5.41, 5.74) is -1.70. The largest absolute Gasteiger partial charge is 0.351 e. The molecule has 1 aromatic heterocycles. The van der Waals surface area contributed by atoms with E-state index in [9.17, 15) is 27.6 Å². The molecule has 2 aromatic rings. The summed E-state index contributed by atoms with van der Waals surface area (Å²) in [7, 11) is -2.56. The van der Waals surface area contributed by atoms with E-state index >= 15 is 4.79 Å². The van der Waals surface area contributed by atoms with Gasteiger partial charge in [0.15, 0.2) is 0 Å². The molecule has 1 saturated heterocycles. The summed E-state index contributed by atoms with van der Waals surface area (Å²) in [5.74, 6) is -3.43. The van der Waals surface area contributed by atoms with Crippen LogP contribution in [-0.2, 0) is 29.4 Å². The highest BCUT2D eigenvalue weighted by atomic mass is 32.2. The summed E-state index contributed by atoms with van der Waals surface area (Å²) >= 11 is 0. The van der Waals surface area contributed by atoms with Gasteiger partial charge < -0.3 is 25.8 Å². The molecule has 1 aliphatic heterocycles. The Morgan fingerprint density at radius 2 is 1.61 bits per heavy atom. The molecule has 4 saturated carbocycles. The van der Waals surface area contributed by atoms with E-state index in [1.54, 1.807) is 19.2 Å². The molecule has 15 heteroatoms. The first kappa shape index (κ1) is 44.8. The minimum Gasteiger partial charge on any atom is -0.351 e. The Labute approximate surface area is 361 Å². The minimum atomic E-state index is -4.13. The lowest BCUT2D eigenvalue weighted by Crippen LogP contribution is -2.63. The predicted octanol–water partition coefficient (Wildman–Crippen LogP) is 5.33. The number of fused-ring (bicyclic) bond motifs is 1. The van der Waals surface area contributed by atoms with Crippen molar-refractivity contribution in [2.45, 2.75) is 142 Å². The maximum absolute atomic E-state index is 15.1. The van der Waals surface area contributed by atoms with E-state index in [4.69, 9.17) is 0 Å². The molecule has 4 aliphatic carbocycles. The molecule has 334 valence electrons. The van der Waals surface area contributed by atoms with Crippen molar-refractivity contribution in [3.8, 4) is 0 Å². The fourth-order valence-corrected chi connectivity index (χ4v) is 12.7. The number of nitrogens with zero attached hydrogens (tertiary/aromatic N) is 2. The average molecular weight is 862 g/mol. The van der Waals surface area contributed by atoms with Gasteiger partial charge in [0.05, 0.1) is 0 Å². The normalized spacial score (nSPS) is 27.2. The maximum Gasteiger partial charge on any atom is 0.303 e. The number of carbonyl (C=O) groups is 5. The van der Waals surface area contributed by atoms with Crippen molar-refractivity contribution in [1.82, 2.24) is 34.9 Å². The Morgan fingerprint density at radius 1 is 0.951 bits per heavy atom. The quantitative estimate of drug-likeness (QED) is 0.150. The van der Waals surface area contributed by atoms with E-state index in [0.29, 0.717) is 38.0 Å². The third-order valence-corrected chi connectivity index (χ3v) is 17.5. The summed E-state index contributed by atoms with van der Waals surface area (Å²) in [5, 5.41) is 9.90. The highest BCUT2D eigenvalue weighted by Gasteiger charge is 2.80. The van der Waals surface area contributed by atoms with Gasteiger partial charge in [-0.05, 0) is 91.1 Å². The van der Waals surface area contributed by atoms with Gasteiger partial charge in [0.1, 0.15) is 29.4 Å². The van der Waals surface area contributed by atoms with Crippen LogP contribution in [0.5, 0.6) is 0 Å². The van der Waals surface area contributed by atoms with Gasteiger partial charge in [0, 0.05) is 37.0 Å². The maximum atomic E-state index is 15.1. The SMILES string of the molecule is C=C[C@@H]1C[C@]1(NC(=O)[C@H](C[C@@]1(C)C(C)(C)C12CCC2)N(C)C(=O)[C@@H](NC(=O)[C@@H](NC(=O)c1cc2ccccc2[nH]1)C1CCCCC1)C(C)(C)C)C(=O)NS(=O)(=O)N1CCCC1. The number of nitrogens with one attached hydrogen (secondary N) is 5. The molecule has 0 radical (unpaired) electrons. The molecule has 5 fully saturated rings. The number of likely N-dealkylation sites (N-methyl/N-ethyl adjacent to an activating group) is 1. The van der Waals surface area contributed by atoms with Crippen molar-refractivity contribution >= 4 is 50.6 Å². The summed E-state index contributed by atoms with van der Waals surface area (Å²) in [6, 6.07) is 6.25. The summed E-state index contributed by atoms with van der Waals surface area (Å²) in [4.78, 5) is 76.8. The van der Waals surface area contributed by atoms with Crippen LogP contribution in [-0.4, -0.2) is 95.9 Å². The molecular weight excluding hydrogens is 795 g/mol. The lowest BCUT2D eigenvalue weighted by molar-refractivity contribution is -0.146. The molecule has 0 bridgehead atoms. The minimum absolute atomic E-state index is 0.00142. The van der Waals surface area contributed by atoms with Crippen LogP contribution in [0.15, 0.2) is 43.0 Å². The fraction of sp³-hybridized carbons (Fsp3) is 0.674. The summed E-state index contributed by atoms with van der Waals surface area (Å²) in [6.45, 7) is 16.6. The average Bonchev–Trinajstić information content (AvgIpc) is 3.63. The Kier molecular flexibility index (Phi) is 11.9. The number of hydrogen-bond acceptors (Lipinski definition) is 7. The van der Waals surface area contributed by atoms with Gasteiger partial charge in [-0.2, -0.15) is 12.7 Å². The van der Waals surface area contributed by atoms with Crippen molar-refractivity contribution in [1.29, 1.82) is 0 Å². The van der Waals surface area contributed by atoms with Crippen molar-refractivity contribution in [3.05, 3.63) is 48.7 Å². The molecule has 5 amide bonds. The van der Waals surface area contributed by atoms with Gasteiger partial charge in [-0.3, -0.25) is 24.0 Å². The van der Waals surface area contributed by atoms with E-state index in [1.807, 2.05) is 45.0 Å². The van der Waals surface area contributed by atoms with Crippen LogP contribution in [0.2, 0.25) is 0 Å². The number of amides is 5. The Balaban J connectivity index is 1.15. The van der Waals surface area contributed by atoms with E-state index in [-0.39, 0.29) is 28.6 Å². The molecule has 1 aromatic carbocycles. The zero-order chi connectivity index (χ0) is 44.3. The van der Waals surface area contributed by atoms with Gasteiger partial charge in [0.25, 0.3) is 11.8 Å². The molecule has 1 spiro atoms. The van der Waals surface area contributed by atoms with Gasteiger partial charge in [-0.25, -0.2) is 4.72 Å². The van der Waals surface area contributed by atoms with Gasteiger partial charge in [0.2, 0.25) is 17.7 Å². The van der Waals surface area contributed by atoms with Crippen LogP contribution in [0.1, 0.15) is 129 Å². The first-order valence-electron chi connectivity index (χ1n) is 22.3. The molecule has 14 nitrogen and oxygen atoms in total. The highest BCUT2D eigenvalue weighted by Crippen LogP contribution is 2.86. The lowest BCUT2D eigenvalue weighted by atomic mass is 9.72. The molecular formula is C46H67N7O7S. The summed E-state index contributed by atoms with van der Waals surface area (Å²) in [6.07, 6.45) is 10.9. The second-order valence-corrected chi connectivity index (χ2v) is 22.2. The molecule has 61 heavy (non-hydrogen) atoms. The number of aromatic amines is 1. The molecule has 5 aliphatic rings. The van der Waals surface area contributed by atoms with E-state index in [1.165, 1.54) is 9.21 Å². The number of H-pyrrole nitrogens is 1. The van der Waals surface area contributed by atoms with Crippen LogP contribution >= 0.6 is 0 Å². The van der Waals surface area contributed by atoms with Crippen LogP contribution in [0.25, 0.3) is 10.9 Å². The zero-order valence-electron chi connectivity index (χ0n) is 37.1. The lowest BCUT2D eigenvalue weighted by Gasteiger charge is -2.40. The molecule has 7 rings (SSSR count). The van der Waals surface area contributed by atoms with Crippen molar-refractivity contribution in [2.24, 2.45) is 33.5 Å². The second-order valence-electron chi connectivity index (χ2n) is 20.5. The first-order valence-corrected chi connectivity index (χ1v) is 23.8. The Bertz CT molecular complexity index is 2150. The monoisotopic (exact) mass is 861 g/mol.